The van der Waals surface area contributed by atoms with Crippen LogP contribution in [0, 0.1) is 13.8 Å². The Morgan fingerprint density at radius 1 is 0.343 bits per heavy atom. The van der Waals surface area contributed by atoms with E-state index in [1.165, 1.54) is 138 Å². The molecule has 6 aliphatic rings. The number of imidazole rings is 4. The topological polar surface area (TPSA) is 660 Å². The van der Waals surface area contributed by atoms with Crippen LogP contribution in [0.25, 0.3) is 44.7 Å². The van der Waals surface area contributed by atoms with Gasteiger partial charge in [-0.1, -0.05) is 13.8 Å². The van der Waals surface area contributed by atoms with Crippen molar-refractivity contribution in [3.63, 3.8) is 0 Å². The first-order valence-corrected chi connectivity index (χ1v) is 55.0. The Labute approximate surface area is 819 Å². The second-order valence-electron chi connectivity index (χ2n) is 37.1. The first kappa shape index (κ1) is 107. The summed E-state index contributed by atoms with van der Waals surface area (Å²) in [6.07, 6.45) is -1.14. The van der Waals surface area contributed by atoms with E-state index in [9.17, 15) is 28.5 Å². The summed E-state index contributed by atoms with van der Waals surface area (Å²) in [4.78, 5) is 124. The van der Waals surface area contributed by atoms with Crippen molar-refractivity contribution < 1.29 is 83.0 Å². The molecule has 59 nitrogen and oxygen atoms in total. The van der Waals surface area contributed by atoms with E-state index in [0.717, 1.165) is 4.57 Å². The third-order valence-electron chi connectivity index (χ3n) is 25.4. The van der Waals surface area contributed by atoms with Gasteiger partial charge in [-0.05, 0) is 112 Å². The van der Waals surface area contributed by atoms with Gasteiger partial charge in [0.15, 0.2) is 58.0 Å². The van der Waals surface area contributed by atoms with Crippen LogP contribution in [0.2, 0.25) is 0 Å². The van der Waals surface area contributed by atoms with Crippen LogP contribution in [0.15, 0.2) is 80.7 Å². The number of rotatable bonds is 37. The fourth-order valence-corrected chi connectivity index (χ4v) is 29.6. The maximum absolute atomic E-state index is 16.8. The van der Waals surface area contributed by atoms with Gasteiger partial charge in [0.2, 0.25) is 5.95 Å². The van der Waals surface area contributed by atoms with Crippen molar-refractivity contribution in [2.45, 2.75) is 127 Å². The van der Waals surface area contributed by atoms with Crippen molar-refractivity contribution >= 4 is 114 Å². The molecule has 10 aromatic heterocycles. The minimum Gasteiger partial charge on any atom is -0.382 e. The first-order valence-electron chi connectivity index (χ1n) is 45.7. The van der Waals surface area contributed by atoms with E-state index >= 15 is 22.8 Å². The molecule has 0 spiro atoms. The van der Waals surface area contributed by atoms with Crippen molar-refractivity contribution in [3.05, 3.63) is 120 Å². The van der Waals surface area contributed by atoms with Crippen LogP contribution in [0.4, 0.5) is 23.4 Å². The highest BCUT2D eigenvalue weighted by Crippen LogP contribution is 2.62. The monoisotopic (exact) mass is 2120 g/mol. The highest BCUT2D eigenvalue weighted by atomic mass is 31.2. The summed E-state index contributed by atoms with van der Waals surface area (Å²) in [6, 6.07) is -0.0507. The Hall–Kier alpha value is -9.02. The summed E-state index contributed by atoms with van der Waals surface area (Å²) >= 11 is 0. The molecule has 6 aliphatic heterocycles. The molecule has 784 valence electrons. The second-order valence-corrected chi connectivity index (χ2v) is 53.4. The van der Waals surface area contributed by atoms with Gasteiger partial charge in [-0.3, -0.25) is 89.0 Å². The Morgan fingerprint density at radius 3 is 0.902 bits per heavy atom. The minimum atomic E-state index is -4.51. The zero-order valence-corrected chi connectivity index (χ0v) is 87.7. The fraction of sp³-hybridized carbons (Fsp3) is 0.641. The van der Waals surface area contributed by atoms with Crippen LogP contribution in [0.5, 0.6) is 0 Å². The predicted octanol–water partition coefficient (Wildman–Crippen LogP) is 1.90. The molecule has 0 aromatic carbocycles. The highest BCUT2D eigenvalue weighted by molar-refractivity contribution is 7.57. The Balaban J connectivity index is 0.676. The van der Waals surface area contributed by atoms with E-state index in [1.807, 2.05) is 13.8 Å². The maximum atomic E-state index is 16.8. The zero-order chi connectivity index (χ0) is 103. The Kier molecular flexibility index (Phi) is 31.9. The molecule has 16 rings (SSSR count). The van der Waals surface area contributed by atoms with Crippen molar-refractivity contribution in [1.82, 2.24) is 153 Å². The quantitative estimate of drug-likeness (QED) is 0.0273. The lowest BCUT2D eigenvalue weighted by atomic mass is 10.2. The second kappa shape index (κ2) is 42.7. The molecule has 6 fully saturated rings. The summed E-state index contributed by atoms with van der Waals surface area (Å²) in [5.41, 5.74) is 23.1. The molecule has 18 unspecified atom stereocenters. The average molecular weight is 2120 g/mol. The van der Waals surface area contributed by atoms with Gasteiger partial charge in [0.05, 0.1) is 134 Å². The molecule has 6 saturated heterocycles. The molecular formula is C78H124N36O23P6. The van der Waals surface area contributed by atoms with E-state index < -0.39 is 180 Å². The number of aromatic amines is 3. The van der Waals surface area contributed by atoms with E-state index in [0.29, 0.717) is 6.54 Å². The highest BCUT2D eigenvalue weighted by Gasteiger charge is 2.53. The molecule has 65 heteroatoms. The number of H-pyrrole nitrogens is 3. The standard InChI is InChI=1S/C78H124N36O23P6/c1-46(2)103-21-50(132-56(27-103)109-19-48(5)73(115)95-77(109)118)34-127-140(122,99(11)12)106-24-53(135-58(29-106)111-42-89-62-66(79)83-39-86-69(62)111)36-129-139(121,98(9)10)104-23-52(133-57(28-104)110-20-49(6)74(116)96-78(110)119)35-128-142(124,101(15)16)107-25-55(137-59(30-107)112-43-90-63-67(80)84-40-87-70(63)112)38-131-143(125,102(17)18)108-26-54(136-60(31-108)113-44-91-64-68(81)85-41-88-71(64)113)37-130-141(123,100(13)14)105-22-51(33-126-138(120,47(3)4)97(7)8)134-61(32-105)114-45-92-65-72(114)93-76(82)94-75(65)117/h19-20,39-47,50-61H,21-38H2,1-18H3,(H2,79,83,86)(H2,80,84,87)(H2,81,85,88)(H,95,115,118)(H,96,116,119)(H3,82,93,94,117). The van der Waals surface area contributed by atoms with E-state index in [-0.39, 0.29) is 170 Å². The number of aryl methyl sites for hydroxylation is 2. The zero-order valence-electron chi connectivity index (χ0n) is 82.4. The number of hydrogen-bond acceptors (Lipinski definition) is 39. The summed E-state index contributed by atoms with van der Waals surface area (Å²) in [6.45, 7) is 6.27. The summed E-state index contributed by atoms with van der Waals surface area (Å²) in [5.74, 6) is -0.0607. The van der Waals surface area contributed by atoms with Crippen LogP contribution < -0.4 is 51.0 Å². The molecular weight excluding hydrogens is 1990 g/mol. The smallest absolute Gasteiger partial charge is 0.345 e. The predicted molar refractivity (Wildman–Crippen MR) is 521 cm³/mol. The first-order chi connectivity index (χ1) is 67.6. The van der Waals surface area contributed by atoms with Gasteiger partial charge in [0.1, 0.15) is 60.4 Å². The number of morpholine rings is 6. The van der Waals surface area contributed by atoms with Gasteiger partial charge in [0.25, 0.3) is 24.2 Å². The molecule has 0 radical (unpaired) electrons. The summed E-state index contributed by atoms with van der Waals surface area (Å²) < 4.78 is 202. The number of nitrogens with two attached hydrogens (primary N) is 4. The third kappa shape index (κ3) is 21.6. The number of hydrogen-bond donors (Lipinski definition) is 7. The number of aromatic nitrogens is 20. The van der Waals surface area contributed by atoms with E-state index in [4.69, 9.17) is 78.5 Å². The van der Waals surface area contributed by atoms with Gasteiger partial charge in [-0.25, -0.2) is 111 Å². The van der Waals surface area contributed by atoms with Gasteiger partial charge in [-0.2, -0.15) is 4.98 Å². The number of ether oxygens (including phenoxy) is 6. The number of fused-ring (bicyclic) bond motifs is 4. The number of nitrogens with one attached hydrogen (secondary N) is 3. The molecule has 0 saturated carbocycles. The van der Waals surface area contributed by atoms with Crippen LogP contribution >= 0.6 is 45.9 Å². The van der Waals surface area contributed by atoms with Gasteiger partial charge in [0, 0.05) is 81.0 Å². The van der Waals surface area contributed by atoms with Crippen LogP contribution in [-0.2, 0) is 83.0 Å². The molecule has 11 N–H and O–H groups in total. The van der Waals surface area contributed by atoms with E-state index in [2.05, 4.69) is 74.7 Å². The normalized spacial score (nSPS) is 25.9. The molecule has 143 heavy (non-hydrogen) atoms. The molecule has 10 aromatic rings. The molecule has 0 amide bonds. The van der Waals surface area contributed by atoms with Crippen molar-refractivity contribution in [2.75, 3.05) is 226 Å². The number of nitrogens with zero attached hydrogens (tertiary/aromatic N) is 29. The Bertz CT molecular complexity index is 6920. The summed E-state index contributed by atoms with van der Waals surface area (Å²) in [5, 5.41) is 0. The van der Waals surface area contributed by atoms with Crippen molar-refractivity contribution in [2.24, 2.45) is 0 Å². The lowest BCUT2D eigenvalue weighted by molar-refractivity contribution is -0.142. The lowest BCUT2D eigenvalue weighted by Gasteiger charge is -2.46. The largest absolute Gasteiger partial charge is 0.382 e. The van der Waals surface area contributed by atoms with Crippen LogP contribution in [0.1, 0.15) is 76.2 Å². The minimum absolute atomic E-state index is 0.0310. The van der Waals surface area contributed by atoms with Gasteiger partial charge < -0.3 is 78.5 Å². The number of anilines is 4. The van der Waals surface area contributed by atoms with Crippen molar-refractivity contribution in [3.8, 4) is 0 Å². The molecule has 0 aliphatic carbocycles. The molecule has 18 atom stereocenters. The van der Waals surface area contributed by atoms with Crippen LogP contribution in [0.3, 0.4) is 0 Å². The van der Waals surface area contributed by atoms with Gasteiger partial charge in [-0.15, -0.1) is 0 Å². The SMILES string of the molecule is Cc1cn(C2CN(C(C)C)CC(COP(=O)(N(C)C)N3CC(COP(=O)(N(C)C)N4CC(COP(=O)(N(C)C)N5CC(COP(=O)(N(C)C)N6CC(COP(=O)(N(C)C)N7CC(COP(=O)(C(C)C)N(C)C)OC(n8cnc9c(=O)[nH]c(N)nc98)C7)OC(n7cnc8c(N)ncnc87)C6)OC(n6cnc7c(N)ncnc76)C5)OC(n5cc(C)c(=O)[nH]c5=O)C4)OC(n4cnc5c(N)ncnc54)C3)O2)c(=O)[nH]c1=O. The van der Waals surface area contributed by atoms with E-state index in [1.54, 1.807) is 105 Å². The Morgan fingerprint density at radius 2 is 0.615 bits per heavy atom. The number of nitrogen functional groups attached to an aromatic ring is 4. The fourth-order valence-electron chi connectivity index (χ4n) is 17.8. The molecule has 0 bridgehead atoms. The lowest BCUT2D eigenvalue weighted by Crippen LogP contribution is -2.52. The third-order valence-corrected chi connectivity index (χ3v) is 41.1. The summed E-state index contributed by atoms with van der Waals surface area (Å²) in [7, 11) is -6.75. The van der Waals surface area contributed by atoms with Gasteiger partial charge >= 0.3 is 49.7 Å². The van der Waals surface area contributed by atoms with Crippen molar-refractivity contribution in [1.29, 1.82) is 0 Å². The average Bonchev–Trinajstić information content (AvgIpc) is 1.75. The maximum Gasteiger partial charge on any atom is 0.345 e. The van der Waals surface area contributed by atoms with Crippen LogP contribution in [-0.4, -0.2) is 405 Å². The molecule has 16 heterocycles.